The smallest absolute Gasteiger partial charge is 0.0794 e. The molecule has 0 aliphatic carbocycles. The molecule has 2 nitrogen and oxygen atoms in total. The first-order valence-corrected chi connectivity index (χ1v) is 4.16. The minimum absolute atomic E-state index is 0.642. The first-order valence-electron chi connectivity index (χ1n) is 4.16. The second-order valence-electron chi connectivity index (χ2n) is 2.92. The summed E-state index contributed by atoms with van der Waals surface area (Å²) in [4.78, 5) is 0. The van der Waals surface area contributed by atoms with E-state index in [1.54, 1.807) is 6.92 Å². The van der Waals surface area contributed by atoms with Gasteiger partial charge in [-0.15, -0.1) is 0 Å². The van der Waals surface area contributed by atoms with Crippen molar-refractivity contribution in [3.63, 3.8) is 0 Å². The number of rotatable bonds is 2. The van der Waals surface area contributed by atoms with E-state index in [0.717, 1.165) is 11.1 Å². The van der Waals surface area contributed by atoms with Gasteiger partial charge in [-0.2, -0.15) is 0 Å². The van der Waals surface area contributed by atoms with E-state index in [9.17, 15) is 0 Å². The Morgan fingerprint density at radius 1 is 1.23 bits per heavy atom. The summed E-state index contributed by atoms with van der Waals surface area (Å²) in [6, 6.07) is 9.94. The van der Waals surface area contributed by atoms with Gasteiger partial charge in [-0.1, -0.05) is 41.6 Å². The molecule has 1 N–H and O–H groups in total. The maximum absolute atomic E-state index is 8.53. The molecule has 68 valence electrons. The molecule has 0 radical (unpaired) electrons. The van der Waals surface area contributed by atoms with Gasteiger partial charge in [-0.05, 0) is 25.0 Å². The standard InChI is InChI=1S/C11H13NO/c1-9(10(2)12-13)8-11-6-4-3-5-7-11/h3-8,13H,1-2H3/b9-8+,12-10-. The SMILES string of the molecule is CC(=N/O)/C(C)=C/c1ccccc1. The predicted molar refractivity (Wildman–Crippen MR) is 55.0 cm³/mol. The van der Waals surface area contributed by atoms with E-state index in [2.05, 4.69) is 5.16 Å². The molecule has 0 unspecified atom stereocenters. The molecule has 0 atom stereocenters. The maximum atomic E-state index is 8.53. The molecule has 2 heteroatoms. The summed E-state index contributed by atoms with van der Waals surface area (Å²) in [7, 11) is 0. The quantitative estimate of drug-likeness (QED) is 0.418. The van der Waals surface area contributed by atoms with E-state index in [1.165, 1.54) is 0 Å². The molecule has 0 aliphatic heterocycles. The van der Waals surface area contributed by atoms with E-state index < -0.39 is 0 Å². The second kappa shape index (κ2) is 4.45. The number of hydrogen-bond donors (Lipinski definition) is 1. The van der Waals surface area contributed by atoms with Crippen LogP contribution in [0.3, 0.4) is 0 Å². The van der Waals surface area contributed by atoms with Crippen molar-refractivity contribution in [2.75, 3.05) is 0 Å². The Balaban J connectivity index is 2.89. The number of hydrogen-bond acceptors (Lipinski definition) is 2. The van der Waals surface area contributed by atoms with Gasteiger partial charge >= 0.3 is 0 Å². The van der Waals surface area contributed by atoms with Crippen molar-refractivity contribution < 1.29 is 5.21 Å². The Hall–Kier alpha value is -1.57. The average Bonchev–Trinajstić information content (AvgIpc) is 2.18. The van der Waals surface area contributed by atoms with Crippen molar-refractivity contribution in [3.8, 4) is 0 Å². The third-order valence-corrected chi connectivity index (χ3v) is 1.90. The fourth-order valence-corrected chi connectivity index (χ4v) is 0.983. The lowest BCUT2D eigenvalue weighted by atomic mass is 10.1. The van der Waals surface area contributed by atoms with E-state index >= 15 is 0 Å². The van der Waals surface area contributed by atoms with E-state index in [-0.39, 0.29) is 0 Å². The summed E-state index contributed by atoms with van der Waals surface area (Å²) < 4.78 is 0. The molecule has 0 amide bonds. The van der Waals surface area contributed by atoms with E-state index in [1.807, 2.05) is 43.3 Å². The van der Waals surface area contributed by atoms with Gasteiger partial charge < -0.3 is 5.21 Å². The van der Waals surface area contributed by atoms with E-state index in [4.69, 9.17) is 5.21 Å². The number of benzene rings is 1. The molecule has 0 aliphatic rings. The molecular formula is C11H13NO. The van der Waals surface area contributed by atoms with Crippen LogP contribution in [-0.4, -0.2) is 10.9 Å². The van der Waals surface area contributed by atoms with Gasteiger partial charge in [0.25, 0.3) is 0 Å². The fourth-order valence-electron chi connectivity index (χ4n) is 0.983. The lowest BCUT2D eigenvalue weighted by molar-refractivity contribution is 0.319. The summed E-state index contributed by atoms with van der Waals surface area (Å²) in [5.74, 6) is 0. The number of oxime groups is 1. The van der Waals surface area contributed by atoms with Gasteiger partial charge in [0.1, 0.15) is 0 Å². The average molecular weight is 175 g/mol. The summed E-state index contributed by atoms with van der Waals surface area (Å²) in [5.41, 5.74) is 2.72. The van der Waals surface area contributed by atoms with Crippen LogP contribution in [0.15, 0.2) is 41.1 Å². The third-order valence-electron chi connectivity index (χ3n) is 1.90. The number of nitrogens with zero attached hydrogens (tertiary/aromatic N) is 1. The van der Waals surface area contributed by atoms with Gasteiger partial charge in [0.2, 0.25) is 0 Å². The molecule has 0 bridgehead atoms. The Morgan fingerprint density at radius 2 is 1.85 bits per heavy atom. The van der Waals surface area contributed by atoms with E-state index in [0.29, 0.717) is 5.71 Å². The Labute approximate surface area is 78.2 Å². The van der Waals surface area contributed by atoms with Gasteiger partial charge in [0, 0.05) is 0 Å². The van der Waals surface area contributed by atoms with Crippen LogP contribution in [0.2, 0.25) is 0 Å². The van der Waals surface area contributed by atoms with Crippen LogP contribution >= 0.6 is 0 Å². The van der Waals surface area contributed by atoms with Gasteiger partial charge in [0.15, 0.2) is 0 Å². The van der Waals surface area contributed by atoms with Crippen LogP contribution in [0.4, 0.5) is 0 Å². The normalized spacial score (nSPS) is 13.1. The monoisotopic (exact) mass is 175 g/mol. The van der Waals surface area contributed by atoms with Crippen molar-refractivity contribution in [1.29, 1.82) is 0 Å². The Morgan fingerprint density at radius 3 is 2.38 bits per heavy atom. The molecule has 1 rings (SSSR count). The van der Waals surface area contributed by atoms with Crippen LogP contribution in [0.25, 0.3) is 6.08 Å². The minimum atomic E-state index is 0.642. The highest BCUT2D eigenvalue weighted by molar-refractivity contribution is 6.01. The molecular weight excluding hydrogens is 162 g/mol. The highest BCUT2D eigenvalue weighted by atomic mass is 16.4. The summed E-state index contributed by atoms with van der Waals surface area (Å²) in [6.07, 6.45) is 1.98. The molecule has 1 aromatic carbocycles. The van der Waals surface area contributed by atoms with Gasteiger partial charge in [-0.25, -0.2) is 0 Å². The largest absolute Gasteiger partial charge is 0.411 e. The summed E-state index contributed by atoms with van der Waals surface area (Å²) >= 11 is 0. The zero-order chi connectivity index (χ0) is 9.68. The second-order valence-corrected chi connectivity index (χ2v) is 2.92. The van der Waals surface area contributed by atoms with Crippen LogP contribution < -0.4 is 0 Å². The molecule has 13 heavy (non-hydrogen) atoms. The fraction of sp³-hybridized carbons (Fsp3) is 0.182. The lowest BCUT2D eigenvalue weighted by Gasteiger charge is -1.97. The van der Waals surface area contributed by atoms with Crippen molar-refractivity contribution in [2.24, 2.45) is 5.16 Å². The molecule has 1 aromatic rings. The van der Waals surface area contributed by atoms with Crippen LogP contribution in [0.1, 0.15) is 19.4 Å². The molecule has 0 fully saturated rings. The molecule has 0 aromatic heterocycles. The van der Waals surface area contributed by atoms with Gasteiger partial charge in [-0.3, -0.25) is 0 Å². The highest BCUT2D eigenvalue weighted by Gasteiger charge is 1.94. The zero-order valence-corrected chi connectivity index (χ0v) is 7.86. The first kappa shape index (κ1) is 9.52. The summed E-state index contributed by atoms with van der Waals surface area (Å²) in [6.45, 7) is 3.69. The Kier molecular flexibility index (Phi) is 3.26. The minimum Gasteiger partial charge on any atom is -0.411 e. The molecule has 0 saturated heterocycles. The lowest BCUT2D eigenvalue weighted by Crippen LogP contribution is -1.92. The maximum Gasteiger partial charge on any atom is 0.0794 e. The molecule has 0 spiro atoms. The van der Waals surface area contributed by atoms with Crippen LogP contribution in [-0.2, 0) is 0 Å². The zero-order valence-electron chi connectivity index (χ0n) is 7.86. The van der Waals surface area contributed by atoms with Gasteiger partial charge in [0.05, 0.1) is 5.71 Å². The van der Waals surface area contributed by atoms with Crippen molar-refractivity contribution in [3.05, 3.63) is 41.5 Å². The highest BCUT2D eigenvalue weighted by Crippen LogP contribution is 2.06. The topological polar surface area (TPSA) is 32.6 Å². The predicted octanol–water partition coefficient (Wildman–Crippen LogP) is 2.94. The van der Waals surface area contributed by atoms with Crippen LogP contribution in [0.5, 0.6) is 0 Å². The molecule has 0 saturated carbocycles. The third kappa shape index (κ3) is 2.75. The van der Waals surface area contributed by atoms with Crippen molar-refractivity contribution in [1.82, 2.24) is 0 Å². The first-order chi connectivity index (χ1) is 6.24. The summed E-state index contributed by atoms with van der Waals surface area (Å²) in [5, 5.41) is 11.7. The van der Waals surface area contributed by atoms with Crippen molar-refractivity contribution in [2.45, 2.75) is 13.8 Å². The van der Waals surface area contributed by atoms with Crippen molar-refractivity contribution >= 4 is 11.8 Å². The Bertz CT molecular complexity index is 325. The number of allylic oxidation sites excluding steroid dienone is 1. The molecule has 0 heterocycles. The van der Waals surface area contributed by atoms with Crippen LogP contribution in [0, 0.1) is 0 Å².